The maximum absolute atomic E-state index is 12.7. The average molecular weight is 517 g/mol. The number of ether oxygens (including phenoxy) is 2. The number of benzene rings is 2. The first-order chi connectivity index (χ1) is 18.2. The van der Waals surface area contributed by atoms with Crippen LogP contribution >= 0.6 is 0 Å². The molecule has 1 saturated carbocycles. The van der Waals surface area contributed by atoms with E-state index in [1.54, 1.807) is 4.90 Å². The fourth-order valence-corrected chi connectivity index (χ4v) is 5.11. The monoisotopic (exact) mass is 516 g/mol. The molecule has 38 heavy (non-hydrogen) atoms. The minimum absolute atomic E-state index is 0.100. The van der Waals surface area contributed by atoms with E-state index in [0.29, 0.717) is 12.5 Å². The summed E-state index contributed by atoms with van der Waals surface area (Å²) in [6.07, 6.45) is 4.83. The fourth-order valence-electron chi connectivity index (χ4n) is 5.11. The van der Waals surface area contributed by atoms with Gasteiger partial charge < -0.3 is 19.8 Å². The predicted octanol–water partition coefficient (Wildman–Crippen LogP) is 6.32. The zero-order chi connectivity index (χ0) is 26.7. The zero-order valence-electron chi connectivity index (χ0n) is 22.3. The van der Waals surface area contributed by atoms with Crippen molar-refractivity contribution in [2.24, 2.45) is 0 Å². The quantitative estimate of drug-likeness (QED) is 0.400. The van der Waals surface area contributed by atoms with Gasteiger partial charge in [0.15, 0.2) is 0 Å². The number of carbonyl (C=O) groups is 2. The van der Waals surface area contributed by atoms with Crippen LogP contribution in [0.5, 0.6) is 0 Å². The number of aromatic amines is 1. The van der Waals surface area contributed by atoms with Crippen LogP contribution in [0, 0.1) is 0 Å². The molecule has 8 nitrogen and oxygen atoms in total. The van der Waals surface area contributed by atoms with E-state index in [2.05, 4.69) is 34.6 Å². The number of aromatic nitrogens is 2. The molecule has 2 amide bonds. The minimum Gasteiger partial charge on any atom is -0.445 e. The summed E-state index contributed by atoms with van der Waals surface area (Å²) in [5, 5.41) is 2.96. The second-order valence-electron chi connectivity index (χ2n) is 11.2. The van der Waals surface area contributed by atoms with Crippen molar-refractivity contribution in [2.45, 2.75) is 76.7 Å². The number of rotatable bonds is 6. The summed E-state index contributed by atoms with van der Waals surface area (Å²) < 4.78 is 10.9. The number of nitrogens with one attached hydrogen (secondary N) is 2. The van der Waals surface area contributed by atoms with Crippen molar-refractivity contribution in [3.63, 3.8) is 0 Å². The Morgan fingerprint density at radius 1 is 1.08 bits per heavy atom. The molecule has 1 aromatic heterocycles. The van der Waals surface area contributed by atoms with Crippen molar-refractivity contribution < 1.29 is 19.1 Å². The Bertz CT molecular complexity index is 1240. The third kappa shape index (κ3) is 6.18. The van der Waals surface area contributed by atoms with Gasteiger partial charge in [-0.2, -0.15) is 0 Å². The molecule has 8 heteroatoms. The highest BCUT2D eigenvalue weighted by atomic mass is 16.6. The minimum atomic E-state index is -0.525. The number of amides is 2. The van der Waals surface area contributed by atoms with Crippen LogP contribution in [0.3, 0.4) is 0 Å². The highest BCUT2D eigenvalue weighted by Crippen LogP contribution is 2.38. The molecule has 5 rings (SSSR count). The maximum Gasteiger partial charge on any atom is 0.410 e. The van der Waals surface area contributed by atoms with E-state index in [9.17, 15) is 9.59 Å². The number of likely N-dealkylation sites (tertiary alicyclic amines) is 1. The highest BCUT2D eigenvalue weighted by Gasteiger charge is 2.35. The number of H-pyrrole nitrogens is 1. The molecule has 1 saturated heterocycles. The smallest absolute Gasteiger partial charge is 0.410 e. The van der Waals surface area contributed by atoms with Gasteiger partial charge in [0.05, 0.1) is 11.7 Å². The van der Waals surface area contributed by atoms with E-state index in [4.69, 9.17) is 14.5 Å². The van der Waals surface area contributed by atoms with E-state index in [1.165, 1.54) is 5.56 Å². The van der Waals surface area contributed by atoms with Crippen molar-refractivity contribution in [3.05, 3.63) is 77.7 Å². The Morgan fingerprint density at radius 3 is 2.53 bits per heavy atom. The summed E-state index contributed by atoms with van der Waals surface area (Å²) in [6, 6.07) is 18.2. The Kier molecular flexibility index (Phi) is 7.40. The van der Waals surface area contributed by atoms with Gasteiger partial charge in [-0.15, -0.1) is 0 Å². The summed E-state index contributed by atoms with van der Waals surface area (Å²) >= 11 is 0. The first-order valence-electron chi connectivity index (χ1n) is 13.4. The average Bonchev–Trinajstić information content (AvgIpc) is 3.54. The number of imidazole rings is 1. The Morgan fingerprint density at radius 2 is 1.82 bits per heavy atom. The lowest BCUT2D eigenvalue weighted by Crippen LogP contribution is -2.43. The van der Waals surface area contributed by atoms with Gasteiger partial charge in [0, 0.05) is 24.3 Å². The van der Waals surface area contributed by atoms with Crippen LogP contribution in [0.15, 0.2) is 60.8 Å². The van der Waals surface area contributed by atoms with Gasteiger partial charge >= 0.3 is 12.2 Å². The van der Waals surface area contributed by atoms with E-state index >= 15 is 0 Å². The molecule has 3 aromatic rings. The predicted molar refractivity (Wildman–Crippen MR) is 144 cm³/mol. The summed E-state index contributed by atoms with van der Waals surface area (Å²) in [5.74, 6) is 1.21. The molecule has 1 unspecified atom stereocenters. The Hall–Kier alpha value is -3.81. The molecule has 2 heterocycles. The van der Waals surface area contributed by atoms with Crippen LogP contribution in [-0.4, -0.2) is 45.2 Å². The standard InChI is InChI=1S/C30H36N4O4/c1-30(2,3)38-29(36)34-15-7-10-26(34)27-31-18-25(33-27)22-13-11-21(12-14-22)23-16-24(17-23)32-28(35)37-19-20-8-5-4-6-9-20/h4-6,8-9,11-14,18,23-24,26H,7,10,15-17,19H2,1-3H3,(H,31,33)(H,32,35). The van der Waals surface area contributed by atoms with Gasteiger partial charge in [-0.1, -0.05) is 54.6 Å². The molecule has 0 radical (unpaired) electrons. The number of hydrogen-bond donors (Lipinski definition) is 2. The summed E-state index contributed by atoms with van der Waals surface area (Å²) in [4.78, 5) is 34.6. The lowest BCUT2D eigenvalue weighted by Gasteiger charge is -2.35. The summed E-state index contributed by atoms with van der Waals surface area (Å²) in [6.45, 7) is 6.59. The van der Waals surface area contributed by atoms with Gasteiger partial charge in [-0.05, 0) is 63.5 Å². The van der Waals surface area contributed by atoms with E-state index in [-0.39, 0.29) is 30.9 Å². The van der Waals surface area contributed by atoms with E-state index in [1.807, 2.05) is 57.3 Å². The molecule has 0 spiro atoms. The van der Waals surface area contributed by atoms with Crippen LogP contribution < -0.4 is 5.32 Å². The first-order valence-corrected chi connectivity index (χ1v) is 13.4. The third-order valence-corrected chi connectivity index (χ3v) is 7.14. The van der Waals surface area contributed by atoms with E-state index in [0.717, 1.165) is 48.3 Å². The third-order valence-electron chi connectivity index (χ3n) is 7.14. The van der Waals surface area contributed by atoms with Crippen LogP contribution in [0.4, 0.5) is 9.59 Å². The molecular formula is C30H36N4O4. The van der Waals surface area contributed by atoms with Gasteiger partial charge in [0.1, 0.15) is 18.0 Å². The van der Waals surface area contributed by atoms with Crippen molar-refractivity contribution >= 4 is 12.2 Å². The molecule has 2 N–H and O–H groups in total. The van der Waals surface area contributed by atoms with Crippen molar-refractivity contribution in [2.75, 3.05) is 6.54 Å². The molecule has 1 aliphatic heterocycles. The van der Waals surface area contributed by atoms with Gasteiger partial charge in [-0.25, -0.2) is 14.6 Å². The number of nitrogens with zero attached hydrogens (tertiary/aromatic N) is 2. The topological polar surface area (TPSA) is 96.6 Å². The van der Waals surface area contributed by atoms with Gasteiger partial charge in [0.2, 0.25) is 0 Å². The van der Waals surface area contributed by atoms with Gasteiger partial charge in [0.25, 0.3) is 0 Å². The molecular weight excluding hydrogens is 480 g/mol. The van der Waals surface area contributed by atoms with Crippen molar-refractivity contribution in [1.29, 1.82) is 0 Å². The second-order valence-corrected chi connectivity index (χ2v) is 11.2. The molecule has 2 aliphatic rings. The van der Waals surface area contributed by atoms with Crippen LogP contribution in [0.25, 0.3) is 11.3 Å². The van der Waals surface area contributed by atoms with Crippen LogP contribution in [-0.2, 0) is 16.1 Å². The molecule has 200 valence electrons. The SMILES string of the molecule is CC(C)(C)OC(=O)N1CCCC1c1nc(-c2ccc(C3CC(NC(=O)OCc4ccccc4)C3)cc2)c[nH]1. The maximum atomic E-state index is 12.7. The lowest BCUT2D eigenvalue weighted by atomic mass is 9.76. The Labute approximate surface area is 223 Å². The van der Waals surface area contributed by atoms with Crippen molar-refractivity contribution in [3.8, 4) is 11.3 Å². The fraction of sp³-hybridized carbons (Fsp3) is 0.433. The molecule has 2 aromatic carbocycles. The summed E-state index contributed by atoms with van der Waals surface area (Å²) in [5.41, 5.74) is 3.59. The largest absolute Gasteiger partial charge is 0.445 e. The zero-order valence-corrected chi connectivity index (χ0v) is 22.3. The molecule has 0 bridgehead atoms. The molecule has 1 atom stereocenters. The van der Waals surface area contributed by atoms with Gasteiger partial charge in [-0.3, -0.25) is 4.90 Å². The number of alkyl carbamates (subject to hydrolysis) is 1. The van der Waals surface area contributed by atoms with E-state index < -0.39 is 5.60 Å². The van der Waals surface area contributed by atoms with Crippen LogP contribution in [0.1, 0.15) is 75.4 Å². The highest BCUT2D eigenvalue weighted by molar-refractivity contribution is 5.69. The lowest BCUT2D eigenvalue weighted by molar-refractivity contribution is 0.0218. The Balaban J connectivity index is 1.12. The first kappa shape index (κ1) is 25.8. The summed E-state index contributed by atoms with van der Waals surface area (Å²) in [7, 11) is 0. The van der Waals surface area contributed by atoms with Crippen LogP contribution in [0.2, 0.25) is 0 Å². The second kappa shape index (κ2) is 10.9. The van der Waals surface area contributed by atoms with Crippen molar-refractivity contribution in [1.82, 2.24) is 20.2 Å². The molecule has 2 fully saturated rings. The number of carbonyl (C=O) groups excluding carboxylic acids is 2. The number of hydrogen-bond acceptors (Lipinski definition) is 5. The molecule has 1 aliphatic carbocycles. The normalized spacial score (nSPS) is 21.0.